The number of alkyl halides is 1. The van der Waals surface area contributed by atoms with Crippen LogP contribution in [-0.4, -0.2) is 62.1 Å². The quantitative estimate of drug-likeness (QED) is 0.652. The molecule has 92 valence electrons. The molecular formula is C9H16ClN3O3. The highest BCUT2D eigenvalue weighted by Crippen LogP contribution is 1.94. The summed E-state index contributed by atoms with van der Waals surface area (Å²) in [5, 5.41) is 4.69. The monoisotopic (exact) mass is 249 g/mol. The molecule has 16 heavy (non-hydrogen) atoms. The van der Waals surface area contributed by atoms with Crippen molar-refractivity contribution in [3.05, 3.63) is 0 Å². The Bertz CT molecular complexity index is 244. The van der Waals surface area contributed by atoms with Gasteiger partial charge in [-0.25, -0.2) is 4.79 Å². The fraction of sp³-hybridized carbons (Fsp3) is 0.778. The second kappa shape index (κ2) is 7.43. The fourth-order valence-electron chi connectivity index (χ4n) is 1.36. The van der Waals surface area contributed by atoms with E-state index in [-0.39, 0.29) is 5.88 Å². The Morgan fingerprint density at radius 1 is 1.31 bits per heavy atom. The normalized spacial score (nSPS) is 16.8. The zero-order valence-corrected chi connectivity index (χ0v) is 9.76. The average Bonchev–Trinajstić information content (AvgIpc) is 2.30. The van der Waals surface area contributed by atoms with Crippen molar-refractivity contribution in [2.24, 2.45) is 0 Å². The average molecular weight is 250 g/mol. The Hall–Kier alpha value is -0.850. The van der Waals surface area contributed by atoms with Crippen molar-refractivity contribution >= 4 is 23.5 Å². The molecule has 1 fully saturated rings. The molecule has 0 radical (unpaired) electrons. The first-order valence-electron chi connectivity index (χ1n) is 5.16. The molecule has 1 heterocycles. The number of carbonyl (C=O) groups is 2. The zero-order valence-electron chi connectivity index (χ0n) is 9.00. The lowest BCUT2D eigenvalue weighted by Gasteiger charge is -2.26. The molecule has 3 amide bonds. The second-order valence-corrected chi connectivity index (χ2v) is 3.66. The molecular weight excluding hydrogens is 234 g/mol. The van der Waals surface area contributed by atoms with Crippen molar-refractivity contribution in [1.29, 1.82) is 0 Å². The summed E-state index contributed by atoms with van der Waals surface area (Å²) >= 11 is 5.24. The number of urea groups is 1. The molecule has 0 aromatic carbocycles. The van der Waals surface area contributed by atoms with Crippen LogP contribution in [0, 0.1) is 0 Å². The molecule has 0 bridgehead atoms. The van der Waals surface area contributed by atoms with E-state index >= 15 is 0 Å². The Labute approximate surface area is 99.3 Å². The van der Waals surface area contributed by atoms with Crippen LogP contribution in [0.5, 0.6) is 0 Å². The van der Waals surface area contributed by atoms with Gasteiger partial charge in [-0.3, -0.25) is 15.0 Å². The summed E-state index contributed by atoms with van der Waals surface area (Å²) in [7, 11) is 0. The van der Waals surface area contributed by atoms with Gasteiger partial charge in [0.25, 0.3) is 0 Å². The number of hydrogen-bond donors (Lipinski definition) is 2. The maximum absolute atomic E-state index is 11.1. The van der Waals surface area contributed by atoms with E-state index in [2.05, 4.69) is 15.5 Å². The van der Waals surface area contributed by atoms with Crippen LogP contribution in [0.3, 0.4) is 0 Å². The number of rotatable bonds is 4. The van der Waals surface area contributed by atoms with Gasteiger partial charge in [0, 0.05) is 26.2 Å². The molecule has 0 atom stereocenters. The van der Waals surface area contributed by atoms with Gasteiger partial charge in [-0.1, -0.05) is 0 Å². The van der Waals surface area contributed by atoms with Gasteiger partial charge in [-0.15, -0.1) is 11.6 Å². The van der Waals surface area contributed by atoms with Crippen LogP contribution >= 0.6 is 11.6 Å². The molecule has 1 aliphatic rings. The van der Waals surface area contributed by atoms with E-state index in [1.807, 2.05) is 0 Å². The molecule has 0 aromatic heterocycles. The van der Waals surface area contributed by atoms with Crippen LogP contribution in [0.4, 0.5) is 4.79 Å². The minimum absolute atomic E-state index is 0.211. The highest BCUT2D eigenvalue weighted by Gasteiger charge is 2.10. The van der Waals surface area contributed by atoms with Gasteiger partial charge in [0.1, 0.15) is 5.88 Å². The standard InChI is InChI=1S/C9H16ClN3O3/c10-7-8(14)12-9(15)11-1-2-13-3-5-16-6-4-13/h1-7H2,(H2,11,12,14,15). The lowest BCUT2D eigenvalue weighted by molar-refractivity contribution is -0.117. The van der Waals surface area contributed by atoms with Gasteiger partial charge in [0.15, 0.2) is 0 Å². The van der Waals surface area contributed by atoms with Gasteiger partial charge in [0.05, 0.1) is 13.2 Å². The number of carbonyl (C=O) groups excluding carboxylic acids is 2. The number of imide groups is 1. The molecule has 6 nitrogen and oxygen atoms in total. The lowest BCUT2D eigenvalue weighted by atomic mass is 10.4. The predicted octanol–water partition coefficient (Wildman–Crippen LogP) is -0.617. The van der Waals surface area contributed by atoms with E-state index < -0.39 is 11.9 Å². The Kier molecular flexibility index (Phi) is 6.14. The van der Waals surface area contributed by atoms with E-state index in [9.17, 15) is 9.59 Å². The SMILES string of the molecule is O=C(CCl)NC(=O)NCCN1CCOCC1. The fourth-order valence-corrected chi connectivity index (χ4v) is 1.42. The van der Waals surface area contributed by atoms with Gasteiger partial charge < -0.3 is 10.1 Å². The Morgan fingerprint density at radius 3 is 2.62 bits per heavy atom. The van der Waals surface area contributed by atoms with Crippen LogP contribution in [0.2, 0.25) is 0 Å². The third kappa shape index (κ3) is 5.29. The third-order valence-corrected chi connectivity index (χ3v) is 2.43. The highest BCUT2D eigenvalue weighted by molar-refractivity contribution is 6.28. The number of halogens is 1. The summed E-state index contributed by atoms with van der Waals surface area (Å²) in [6, 6.07) is -0.501. The summed E-state index contributed by atoms with van der Waals surface area (Å²) in [6.07, 6.45) is 0. The molecule has 0 unspecified atom stereocenters. The van der Waals surface area contributed by atoms with Gasteiger partial charge in [-0.05, 0) is 0 Å². The summed E-state index contributed by atoms with van der Waals surface area (Å²) in [5.41, 5.74) is 0. The summed E-state index contributed by atoms with van der Waals surface area (Å²) in [4.78, 5) is 24.1. The Balaban J connectivity index is 2.05. The first kappa shape index (κ1) is 13.2. The van der Waals surface area contributed by atoms with E-state index in [0.29, 0.717) is 6.54 Å². The minimum Gasteiger partial charge on any atom is -0.379 e. The maximum Gasteiger partial charge on any atom is 0.321 e. The molecule has 7 heteroatoms. The topological polar surface area (TPSA) is 70.7 Å². The number of ether oxygens (including phenoxy) is 1. The molecule has 1 saturated heterocycles. The van der Waals surface area contributed by atoms with Crippen molar-refractivity contribution < 1.29 is 14.3 Å². The highest BCUT2D eigenvalue weighted by atomic mass is 35.5. The number of morpholine rings is 1. The Morgan fingerprint density at radius 2 is 2.00 bits per heavy atom. The number of nitrogens with zero attached hydrogens (tertiary/aromatic N) is 1. The molecule has 0 spiro atoms. The van der Waals surface area contributed by atoms with Gasteiger partial charge in [-0.2, -0.15) is 0 Å². The van der Waals surface area contributed by atoms with E-state index in [1.165, 1.54) is 0 Å². The van der Waals surface area contributed by atoms with Crippen molar-refractivity contribution in [2.45, 2.75) is 0 Å². The lowest BCUT2D eigenvalue weighted by Crippen LogP contribution is -2.45. The molecule has 0 aliphatic carbocycles. The largest absolute Gasteiger partial charge is 0.379 e. The van der Waals surface area contributed by atoms with E-state index in [1.54, 1.807) is 0 Å². The number of hydrogen-bond acceptors (Lipinski definition) is 4. The van der Waals surface area contributed by atoms with Crippen LogP contribution in [0.1, 0.15) is 0 Å². The molecule has 2 N–H and O–H groups in total. The summed E-state index contributed by atoms with van der Waals surface area (Å²) in [5.74, 6) is -0.706. The van der Waals surface area contributed by atoms with Crippen LogP contribution in [0.15, 0.2) is 0 Å². The molecule has 1 aliphatic heterocycles. The predicted molar refractivity (Wildman–Crippen MR) is 59.5 cm³/mol. The molecule has 1 rings (SSSR count). The summed E-state index contributed by atoms with van der Waals surface area (Å²) < 4.78 is 5.19. The van der Waals surface area contributed by atoms with Crippen molar-refractivity contribution in [2.75, 3.05) is 45.3 Å². The maximum atomic E-state index is 11.1. The number of amides is 3. The smallest absolute Gasteiger partial charge is 0.321 e. The third-order valence-electron chi connectivity index (χ3n) is 2.19. The molecule has 0 aromatic rings. The zero-order chi connectivity index (χ0) is 11.8. The first-order valence-corrected chi connectivity index (χ1v) is 5.69. The molecule has 0 saturated carbocycles. The first-order chi connectivity index (χ1) is 7.72. The summed E-state index contributed by atoms with van der Waals surface area (Å²) in [6.45, 7) is 4.48. The van der Waals surface area contributed by atoms with E-state index in [4.69, 9.17) is 16.3 Å². The van der Waals surface area contributed by atoms with Crippen LogP contribution in [0.25, 0.3) is 0 Å². The minimum atomic E-state index is -0.501. The van der Waals surface area contributed by atoms with Crippen molar-refractivity contribution in [3.8, 4) is 0 Å². The van der Waals surface area contributed by atoms with Crippen molar-refractivity contribution in [1.82, 2.24) is 15.5 Å². The van der Waals surface area contributed by atoms with Crippen LogP contribution in [-0.2, 0) is 9.53 Å². The second-order valence-electron chi connectivity index (χ2n) is 3.39. The van der Waals surface area contributed by atoms with Crippen LogP contribution < -0.4 is 10.6 Å². The van der Waals surface area contributed by atoms with Gasteiger partial charge >= 0.3 is 6.03 Å². The number of nitrogens with one attached hydrogen (secondary N) is 2. The van der Waals surface area contributed by atoms with E-state index in [0.717, 1.165) is 32.8 Å². The van der Waals surface area contributed by atoms with Gasteiger partial charge in [0.2, 0.25) is 5.91 Å². The van der Waals surface area contributed by atoms with Crippen molar-refractivity contribution in [3.63, 3.8) is 0 Å².